The van der Waals surface area contributed by atoms with E-state index >= 15 is 0 Å². The average molecular weight is 755 g/mol. The van der Waals surface area contributed by atoms with Crippen molar-refractivity contribution in [3.8, 4) is 17.0 Å². The second-order valence-corrected chi connectivity index (χ2v) is 13.2. The third-order valence-electron chi connectivity index (χ3n) is 9.50. The van der Waals surface area contributed by atoms with Crippen LogP contribution in [0.25, 0.3) is 22.0 Å². The number of fused-ring (bicyclic) bond motifs is 2. The molecule has 56 heavy (non-hydrogen) atoms. The number of imide groups is 2. The van der Waals surface area contributed by atoms with Gasteiger partial charge in [0, 0.05) is 60.8 Å². The van der Waals surface area contributed by atoms with Crippen molar-refractivity contribution >= 4 is 63.4 Å². The Labute approximate surface area is 321 Å². The largest absolute Gasteiger partial charge is 0.478 e. The van der Waals surface area contributed by atoms with Gasteiger partial charge in [0.25, 0.3) is 17.7 Å². The van der Waals surface area contributed by atoms with Crippen LogP contribution in [0.5, 0.6) is 5.88 Å². The summed E-state index contributed by atoms with van der Waals surface area (Å²) >= 11 is 0. The molecule has 5 aromatic rings. The van der Waals surface area contributed by atoms with E-state index in [2.05, 4.69) is 36.6 Å². The number of benzene rings is 3. The molecule has 0 saturated carbocycles. The van der Waals surface area contributed by atoms with Gasteiger partial charge in [-0.05, 0) is 67.3 Å². The Hall–Kier alpha value is -7.16. The van der Waals surface area contributed by atoms with Crippen LogP contribution in [0.2, 0.25) is 0 Å². The Balaban J connectivity index is 0.884. The summed E-state index contributed by atoms with van der Waals surface area (Å²) in [6, 6.07) is 22.8. The maximum Gasteiger partial charge on any atom is 0.264 e. The third-order valence-corrected chi connectivity index (χ3v) is 9.50. The first-order chi connectivity index (χ1) is 27.2. The van der Waals surface area contributed by atoms with Crippen LogP contribution in [0, 0.1) is 0 Å². The van der Waals surface area contributed by atoms with E-state index in [0.29, 0.717) is 48.8 Å². The molecule has 6 amide bonds. The molecule has 7 rings (SSSR count). The van der Waals surface area contributed by atoms with Crippen LogP contribution in [0.3, 0.4) is 0 Å². The van der Waals surface area contributed by atoms with Crippen molar-refractivity contribution in [2.24, 2.45) is 0 Å². The summed E-state index contributed by atoms with van der Waals surface area (Å²) in [7, 11) is 1.58. The molecule has 4 heterocycles. The lowest BCUT2D eigenvalue weighted by atomic mass is 10.0. The number of nitrogens with one attached hydrogen (secondary N) is 5. The minimum atomic E-state index is -1.08. The Morgan fingerprint density at radius 2 is 1.71 bits per heavy atom. The van der Waals surface area contributed by atoms with E-state index in [4.69, 9.17) is 4.74 Å². The SMILES string of the molecule is CNC(=O)c1cnc2ccc(-c3ccc(OCCCCNC(=O)CNc4cccc5c4C(=O)N(C4CCC(=O)NC4=O)C5=O)nc3)cc2c1Nc1ccccc1. The summed E-state index contributed by atoms with van der Waals surface area (Å²) in [6.07, 6.45) is 4.66. The second-order valence-electron chi connectivity index (χ2n) is 13.2. The van der Waals surface area contributed by atoms with Gasteiger partial charge in [0.05, 0.1) is 41.0 Å². The van der Waals surface area contributed by atoms with Crippen LogP contribution in [0.15, 0.2) is 91.3 Å². The number of hydrogen-bond donors (Lipinski definition) is 5. The number of carbonyl (C=O) groups is 6. The van der Waals surface area contributed by atoms with E-state index in [1.54, 1.807) is 37.6 Å². The van der Waals surface area contributed by atoms with Crippen molar-refractivity contribution in [1.82, 2.24) is 30.8 Å². The third kappa shape index (κ3) is 7.87. The number of para-hydroxylation sites is 1. The molecule has 15 nitrogen and oxygen atoms in total. The summed E-state index contributed by atoms with van der Waals surface area (Å²) in [5.74, 6) is -2.51. The summed E-state index contributed by atoms with van der Waals surface area (Å²) in [6.45, 7) is 0.634. The number of rotatable bonds is 14. The summed E-state index contributed by atoms with van der Waals surface area (Å²) in [4.78, 5) is 85.5. The lowest BCUT2D eigenvalue weighted by molar-refractivity contribution is -0.136. The quantitative estimate of drug-likeness (QED) is 0.0805. The minimum absolute atomic E-state index is 0.0242. The molecular weight excluding hydrogens is 716 g/mol. The lowest BCUT2D eigenvalue weighted by Crippen LogP contribution is -2.54. The van der Waals surface area contributed by atoms with Gasteiger partial charge >= 0.3 is 0 Å². The summed E-state index contributed by atoms with van der Waals surface area (Å²) in [5.41, 5.74) is 4.90. The van der Waals surface area contributed by atoms with Crippen molar-refractivity contribution in [1.29, 1.82) is 0 Å². The minimum Gasteiger partial charge on any atom is -0.478 e. The molecule has 0 bridgehead atoms. The fraction of sp³-hybridized carbons (Fsp3) is 0.220. The van der Waals surface area contributed by atoms with E-state index in [-0.39, 0.29) is 42.3 Å². The average Bonchev–Trinajstić information content (AvgIpc) is 3.47. The number of ether oxygens (including phenoxy) is 1. The van der Waals surface area contributed by atoms with Gasteiger partial charge in [-0.2, -0.15) is 0 Å². The van der Waals surface area contributed by atoms with Gasteiger partial charge in [-0.15, -0.1) is 0 Å². The number of hydrogen-bond acceptors (Lipinski definition) is 11. The van der Waals surface area contributed by atoms with Crippen molar-refractivity contribution in [3.05, 3.63) is 108 Å². The molecule has 1 saturated heterocycles. The van der Waals surface area contributed by atoms with Crippen LogP contribution in [-0.2, 0) is 14.4 Å². The number of carbonyl (C=O) groups excluding carboxylic acids is 6. The van der Waals surface area contributed by atoms with Crippen LogP contribution in [-0.4, -0.2) is 83.1 Å². The number of amides is 6. The predicted molar refractivity (Wildman–Crippen MR) is 207 cm³/mol. The van der Waals surface area contributed by atoms with E-state index < -0.39 is 29.7 Å². The van der Waals surface area contributed by atoms with Gasteiger partial charge in [0.15, 0.2) is 0 Å². The van der Waals surface area contributed by atoms with E-state index in [9.17, 15) is 28.8 Å². The molecular formula is C41H38N8O7. The Morgan fingerprint density at radius 1 is 0.893 bits per heavy atom. The van der Waals surface area contributed by atoms with Gasteiger partial charge in [-0.1, -0.05) is 30.3 Å². The van der Waals surface area contributed by atoms with Crippen LogP contribution >= 0.6 is 0 Å². The molecule has 1 unspecified atom stereocenters. The molecule has 0 spiro atoms. The Bertz CT molecular complexity index is 2350. The standard InChI is InChI=1S/C41H38N8O7/c1-42-38(52)29-22-44-30-14-12-24(20-28(30)37(29)47-26-8-3-2-4-9-26)25-13-17-35(46-21-25)56-19-6-5-18-43-34(51)23-45-31-11-7-10-27-36(31)41(55)49(40(27)54)32-15-16-33(50)48-39(32)53/h2-4,7-14,17,20-22,32,45H,5-6,15-16,18-19,23H2,1H3,(H,42,52)(H,43,51)(H,44,47)(H,48,50,53). The topological polar surface area (TPSA) is 201 Å². The number of nitrogens with zero attached hydrogens (tertiary/aromatic N) is 3. The van der Waals surface area contributed by atoms with Crippen LogP contribution < -0.4 is 31.3 Å². The number of anilines is 3. The van der Waals surface area contributed by atoms with Gasteiger partial charge in [-0.25, -0.2) is 4.98 Å². The molecule has 1 atom stereocenters. The van der Waals surface area contributed by atoms with Gasteiger partial charge in [0.1, 0.15) is 6.04 Å². The maximum atomic E-state index is 13.3. The molecule has 15 heteroatoms. The zero-order chi connectivity index (χ0) is 39.2. The summed E-state index contributed by atoms with van der Waals surface area (Å²) < 4.78 is 5.84. The molecule has 2 aliphatic heterocycles. The zero-order valence-electron chi connectivity index (χ0n) is 30.4. The maximum absolute atomic E-state index is 13.3. The van der Waals surface area contributed by atoms with Crippen molar-refractivity contribution in [3.63, 3.8) is 0 Å². The second kappa shape index (κ2) is 16.5. The Morgan fingerprint density at radius 3 is 2.48 bits per heavy atom. The van der Waals surface area contributed by atoms with E-state index in [1.165, 1.54) is 6.07 Å². The highest BCUT2D eigenvalue weighted by atomic mass is 16.5. The normalized spacial score (nSPS) is 14.9. The fourth-order valence-electron chi connectivity index (χ4n) is 6.65. The molecule has 1 fully saturated rings. The highest BCUT2D eigenvalue weighted by Crippen LogP contribution is 2.34. The molecule has 2 aromatic heterocycles. The van der Waals surface area contributed by atoms with E-state index in [1.807, 2.05) is 54.6 Å². The molecule has 5 N–H and O–H groups in total. The monoisotopic (exact) mass is 754 g/mol. The van der Waals surface area contributed by atoms with Gasteiger partial charge in [0.2, 0.25) is 23.6 Å². The highest BCUT2D eigenvalue weighted by molar-refractivity contribution is 6.25. The van der Waals surface area contributed by atoms with Crippen molar-refractivity contribution < 1.29 is 33.5 Å². The molecule has 2 aliphatic rings. The zero-order valence-corrected chi connectivity index (χ0v) is 30.4. The molecule has 0 radical (unpaired) electrons. The Kier molecular flexibility index (Phi) is 10.9. The first-order valence-electron chi connectivity index (χ1n) is 18.1. The fourth-order valence-corrected chi connectivity index (χ4v) is 6.65. The van der Waals surface area contributed by atoms with E-state index in [0.717, 1.165) is 32.6 Å². The van der Waals surface area contributed by atoms with Gasteiger partial charge < -0.3 is 26.0 Å². The number of pyridine rings is 2. The summed E-state index contributed by atoms with van der Waals surface area (Å²) in [5, 5.41) is 14.8. The predicted octanol–water partition coefficient (Wildman–Crippen LogP) is 4.19. The lowest BCUT2D eigenvalue weighted by Gasteiger charge is -2.27. The van der Waals surface area contributed by atoms with Crippen molar-refractivity contribution in [2.45, 2.75) is 31.7 Å². The van der Waals surface area contributed by atoms with Crippen molar-refractivity contribution in [2.75, 3.05) is 37.4 Å². The van der Waals surface area contributed by atoms with Gasteiger partial charge in [-0.3, -0.25) is 44.0 Å². The highest BCUT2D eigenvalue weighted by Gasteiger charge is 2.45. The van der Waals surface area contributed by atoms with Crippen LogP contribution in [0.4, 0.5) is 17.1 Å². The smallest absolute Gasteiger partial charge is 0.264 e. The number of unbranched alkanes of at least 4 members (excludes halogenated alkanes) is 1. The van der Waals surface area contributed by atoms with Crippen LogP contribution in [0.1, 0.15) is 56.8 Å². The first-order valence-corrected chi connectivity index (χ1v) is 18.1. The molecule has 284 valence electrons. The number of piperidine rings is 1. The number of aromatic nitrogens is 2. The first kappa shape index (κ1) is 37.2. The molecule has 3 aromatic carbocycles. The molecule has 0 aliphatic carbocycles.